The maximum absolute atomic E-state index is 12.5. The van der Waals surface area contributed by atoms with Gasteiger partial charge in [-0.25, -0.2) is 0 Å². The first-order valence-corrected chi connectivity index (χ1v) is 11.8. The van der Waals surface area contributed by atoms with Crippen molar-refractivity contribution in [3.05, 3.63) is 71.3 Å². The molecule has 4 heteroatoms. The number of carbonyl (C=O) groups excluding carboxylic acids is 1. The molecule has 1 fully saturated rings. The molecule has 1 aliphatic carbocycles. The van der Waals surface area contributed by atoms with E-state index < -0.39 is 11.1 Å². The molecule has 158 valence electrons. The summed E-state index contributed by atoms with van der Waals surface area (Å²) >= 11 is -1.87. The Balaban J connectivity index is 0.000000438. The van der Waals surface area contributed by atoms with Crippen LogP contribution in [0.25, 0.3) is 0 Å². The van der Waals surface area contributed by atoms with Crippen LogP contribution in [0, 0.1) is 5.92 Å². The van der Waals surface area contributed by atoms with Crippen LogP contribution in [0.15, 0.2) is 54.6 Å². The van der Waals surface area contributed by atoms with Gasteiger partial charge >= 0.3 is 0 Å². The molecule has 0 heterocycles. The van der Waals surface area contributed by atoms with Crippen molar-refractivity contribution in [2.75, 3.05) is 0 Å². The van der Waals surface area contributed by atoms with E-state index in [1.54, 1.807) is 13.8 Å². The van der Waals surface area contributed by atoms with Crippen molar-refractivity contribution in [2.45, 2.75) is 70.5 Å². The van der Waals surface area contributed by atoms with Gasteiger partial charge in [0.1, 0.15) is 5.78 Å². The minimum Gasteiger partial charge on any atom is -0.772 e. The lowest BCUT2D eigenvalue weighted by Gasteiger charge is -2.20. The number of rotatable bonds is 7. The average molecular weight is 414 g/mol. The summed E-state index contributed by atoms with van der Waals surface area (Å²) in [5.41, 5.74) is 3.89. The van der Waals surface area contributed by atoms with Crippen molar-refractivity contribution in [3.8, 4) is 0 Å². The topological polar surface area (TPSA) is 57.2 Å². The standard InChI is InChI=1S/C22H26O.C3H8O2S/c23-22(21-12-5-2-6-13-21)17-20-11-7-10-19(16-20)15-14-18-8-3-1-4-9-18;1-3(2)6(4)5/h1,3-4,7-11,16,21H,2,5-6,12-15,17H2;3H,1-2H3,(H,4,5)/p-1. The van der Waals surface area contributed by atoms with Crippen molar-refractivity contribution in [1.82, 2.24) is 0 Å². The third-order valence-electron chi connectivity index (χ3n) is 5.36. The van der Waals surface area contributed by atoms with Crippen LogP contribution in [0.1, 0.15) is 62.6 Å². The molecule has 3 nitrogen and oxygen atoms in total. The Hall–Kier alpha value is -1.78. The summed E-state index contributed by atoms with van der Waals surface area (Å²) in [6.07, 6.45) is 8.68. The van der Waals surface area contributed by atoms with Crippen LogP contribution in [-0.4, -0.2) is 19.8 Å². The van der Waals surface area contributed by atoms with Crippen molar-refractivity contribution in [2.24, 2.45) is 5.92 Å². The Morgan fingerprint density at radius 2 is 1.48 bits per heavy atom. The van der Waals surface area contributed by atoms with Crippen molar-refractivity contribution in [1.29, 1.82) is 0 Å². The van der Waals surface area contributed by atoms with Crippen LogP contribution in [0.4, 0.5) is 0 Å². The lowest BCUT2D eigenvalue weighted by molar-refractivity contribution is -0.123. The Morgan fingerprint density at radius 3 is 2.10 bits per heavy atom. The van der Waals surface area contributed by atoms with Crippen LogP contribution < -0.4 is 0 Å². The number of ketones is 1. The smallest absolute Gasteiger partial charge is 0.140 e. The molecule has 1 saturated carbocycles. The quantitative estimate of drug-likeness (QED) is 0.568. The summed E-state index contributed by atoms with van der Waals surface area (Å²) in [4.78, 5) is 12.5. The molecule has 0 bridgehead atoms. The minimum absolute atomic E-state index is 0.231. The SMILES string of the molecule is CC(C)S(=O)[O-].O=C(Cc1cccc(CCc2ccccc2)c1)C1CCCCC1. The third kappa shape index (κ3) is 9.05. The summed E-state index contributed by atoms with van der Waals surface area (Å²) in [7, 11) is 0. The van der Waals surface area contributed by atoms with Crippen molar-refractivity contribution < 1.29 is 13.6 Å². The number of benzene rings is 2. The molecule has 0 N–H and O–H groups in total. The number of aryl methyl sites for hydroxylation is 2. The highest BCUT2D eigenvalue weighted by atomic mass is 32.2. The molecule has 0 aliphatic heterocycles. The summed E-state index contributed by atoms with van der Waals surface area (Å²) in [6.45, 7) is 3.26. The average Bonchev–Trinajstić information content (AvgIpc) is 2.74. The number of Topliss-reactive ketones (excluding diaryl/α,β-unsaturated/α-hetero) is 1. The van der Waals surface area contributed by atoms with E-state index in [9.17, 15) is 13.6 Å². The highest BCUT2D eigenvalue weighted by Crippen LogP contribution is 2.25. The minimum atomic E-state index is -1.87. The van der Waals surface area contributed by atoms with Gasteiger partial charge in [-0.2, -0.15) is 0 Å². The lowest BCUT2D eigenvalue weighted by atomic mass is 9.84. The van der Waals surface area contributed by atoms with Gasteiger partial charge in [0.05, 0.1) is 0 Å². The van der Waals surface area contributed by atoms with E-state index in [-0.39, 0.29) is 5.25 Å². The van der Waals surface area contributed by atoms with Crippen LogP contribution in [0.5, 0.6) is 0 Å². The van der Waals surface area contributed by atoms with Gasteiger partial charge in [0.2, 0.25) is 0 Å². The third-order valence-corrected chi connectivity index (χ3v) is 6.13. The van der Waals surface area contributed by atoms with Crippen molar-refractivity contribution >= 4 is 16.9 Å². The predicted octanol–water partition coefficient (Wildman–Crippen LogP) is 5.44. The molecule has 29 heavy (non-hydrogen) atoms. The van der Waals surface area contributed by atoms with Gasteiger partial charge in [-0.05, 0) is 42.4 Å². The molecule has 1 unspecified atom stereocenters. The fourth-order valence-electron chi connectivity index (χ4n) is 3.60. The fourth-order valence-corrected chi connectivity index (χ4v) is 3.60. The zero-order valence-electron chi connectivity index (χ0n) is 17.6. The lowest BCUT2D eigenvalue weighted by Crippen LogP contribution is -2.19. The van der Waals surface area contributed by atoms with E-state index in [2.05, 4.69) is 54.6 Å². The van der Waals surface area contributed by atoms with E-state index >= 15 is 0 Å². The maximum atomic E-state index is 12.5. The van der Waals surface area contributed by atoms with Gasteiger partial charge in [0, 0.05) is 17.6 Å². The van der Waals surface area contributed by atoms with E-state index in [0.29, 0.717) is 18.1 Å². The maximum Gasteiger partial charge on any atom is 0.140 e. The molecule has 0 saturated heterocycles. The number of carbonyl (C=O) groups is 1. The number of hydrogen-bond donors (Lipinski definition) is 0. The summed E-state index contributed by atoms with van der Waals surface area (Å²) < 4.78 is 19.4. The summed E-state index contributed by atoms with van der Waals surface area (Å²) in [5.74, 6) is 0.765. The molecule has 0 spiro atoms. The first-order valence-electron chi connectivity index (χ1n) is 10.7. The van der Waals surface area contributed by atoms with Gasteiger partial charge in [0.25, 0.3) is 0 Å². The molecule has 0 radical (unpaired) electrons. The largest absolute Gasteiger partial charge is 0.772 e. The fraction of sp³-hybridized carbons (Fsp3) is 0.480. The van der Waals surface area contributed by atoms with E-state index in [1.807, 2.05) is 0 Å². The second-order valence-electron chi connectivity index (χ2n) is 8.09. The second-order valence-corrected chi connectivity index (χ2v) is 9.56. The molecule has 2 aromatic carbocycles. The van der Waals surface area contributed by atoms with Gasteiger partial charge < -0.3 is 4.55 Å². The summed E-state index contributed by atoms with van der Waals surface area (Å²) in [5, 5.41) is -0.231. The van der Waals surface area contributed by atoms with Gasteiger partial charge in [-0.3, -0.25) is 9.00 Å². The zero-order valence-corrected chi connectivity index (χ0v) is 18.5. The molecular weight excluding hydrogens is 380 g/mol. The molecule has 2 aromatic rings. The molecule has 1 atom stereocenters. The molecule has 0 aromatic heterocycles. The predicted molar refractivity (Wildman–Crippen MR) is 120 cm³/mol. The van der Waals surface area contributed by atoms with Crippen LogP contribution in [0.2, 0.25) is 0 Å². The van der Waals surface area contributed by atoms with Crippen LogP contribution in [0.3, 0.4) is 0 Å². The van der Waals surface area contributed by atoms with E-state index in [1.165, 1.54) is 36.0 Å². The monoisotopic (exact) mass is 413 g/mol. The zero-order chi connectivity index (χ0) is 21.1. The Morgan fingerprint density at radius 1 is 0.931 bits per heavy atom. The highest BCUT2D eigenvalue weighted by molar-refractivity contribution is 7.79. The molecular formula is C25H33O3S-. The second kappa shape index (κ2) is 12.7. The molecule has 1 aliphatic rings. The Kier molecular flexibility index (Phi) is 10.3. The van der Waals surface area contributed by atoms with Crippen LogP contribution >= 0.6 is 0 Å². The highest BCUT2D eigenvalue weighted by Gasteiger charge is 2.20. The summed E-state index contributed by atoms with van der Waals surface area (Å²) in [6, 6.07) is 19.2. The molecule has 0 amide bonds. The van der Waals surface area contributed by atoms with Gasteiger partial charge in [-0.1, -0.05) is 98.8 Å². The number of hydrogen-bond acceptors (Lipinski definition) is 3. The first kappa shape index (κ1) is 23.5. The Bertz CT molecular complexity index is 765. The van der Waals surface area contributed by atoms with Crippen molar-refractivity contribution in [3.63, 3.8) is 0 Å². The van der Waals surface area contributed by atoms with Gasteiger partial charge in [-0.15, -0.1) is 0 Å². The Labute approximate surface area is 178 Å². The first-order chi connectivity index (χ1) is 14.0. The van der Waals surface area contributed by atoms with E-state index in [4.69, 9.17) is 0 Å². The van der Waals surface area contributed by atoms with Gasteiger partial charge in [0.15, 0.2) is 0 Å². The van der Waals surface area contributed by atoms with E-state index in [0.717, 1.165) is 25.7 Å². The molecule has 3 rings (SSSR count). The van der Waals surface area contributed by atoms with Crippen LogP contribution in [-0.2, 0) is 35.1 Å². The normalized spacial score (nSPS) is 15.4.